The van der Waals surface area contributed by atoms with Crippen LogP contribution >= 0.6 is 0 Å². The maximum absolute atomic E-state index is 13.4. The van der Waals surface area contributed by atoms with Crippen molar-refractivity contribution in [3.05, 3.63) is 101 Å². The van der Waals surface area contributed by atoms with Gasteiger partial charge in [0.2, 0.25) is 0 Å². The van der Waals surface area contributed by atoms with Crippen molar-refractivity contribution < 1.29 is 14.4 Å². The molecule has 4 aromatic rings. The van der Waals surface area contributed by atoms with Crippen LogP contribution in [0, 0.1) is 6.92 Å². The van der Waals surface area contributed by atoms with Gasteiger partial charge in [0.25, 0.3) is 17.7 Å². The van der Waals surface area contributed by atoms with E-state index in [1.807, 2.05) is 56.4 Å². The van der Waals surface area contributed by atoms with E-state index < -0.39 is 17.9 Å². The van der Waals surface area contributed by atoms with Gasteiger partial charge in [-0.1, -0.05) is 36.4 Å². The van der Waals surface area contributed by atoms with Crippen LogP contribution in [-0.2, 0) is 11.8 Å². The number of rotatable bonds is 4. The first-order chi connectivity index (χ1) is 16.5. The molecule has 170 valence electrons. The van der Waals surface area contributed by atoms with Crippen LogP contribution in [0.5, 0.6) is 0 Å². The summed E-state index contributed by atoms with van der Waals surface area (Å²) in [7, 11) is 2.00. The van der Waals surface area contributed by atoms with Gasteiger partial charge in [0, 0.05) is 52.7 Å². The number of benzene rings is 2. The van der Waals surface area contributed by atoms with Gasteiger partial charge in [-0.2, -0.15) is 0 Å². The molecule has 2 aromatic heterocycles. The van der Waals surface area contributed by atoms with Crippen molar-refractivity contribution in [2.24, 2.45) is 7.05 Å². The summed E-state index contributed by atoms with van der Waals surface area (Å²) in [5, 5.41) is 1.04. The number of hydrazine groups is 1. The Kier molecular flexibility index (Phi) is 5.33. The number of nitrogens with zero attached hydrogens (tertiary/aromatic N) is 3. The standard InChI is InChI=1S/C26H23N5O3/c1-16-23(20-9-5-6-10-21(20)30(16)2)24-18-7-3-4-8-19(18)26(34)31(24)15-22(32)28-29-25(33)17-11-13-27-14-12-17/h3-14,24H,15H2,1-2H3,(H,28,32)(H,29,33)/t24-/m1/s1. The van der Waals surface area contributed by atoms with Crippen LogP contribution < -0.4 is 10.9 Å². The monoisotopic (exact) mass is 453 g/mol. The summed E-state index contributed by atoms with van der Waals surface area (Å²) >= 11 is 0. The molecular weight excluding hydrogens is 430 g/mol. The maximum Gasteiger partial charge on any atom is 0.269 e. The molecule has 0 fully saturated rings. The van der Waals surface area contributed by atoms with E-state index in [1.165, 1.54) is 12.4 Å². The van der Waals surface area contributed by atoms with E-state index in [9.17, 15) is 14.4 Å². The number of amides is 3. The van der Waals surface area contributed by atoms with E-state index in [-0.39, 0.29) is 12.5 Å². The molecule has 3 amide bonds. The van der Waals surface area contributed by atoms with Crippen molar-refractivity contribution in [3.63, 3.8) is 0 Å². The van der Waals surface area contributed by atoms with Crippen molar-refractivity contribution in [1.82, 2.24) is 25.3 Å². The highest BCUT2D eigenvalue weighted by molar-refractivity contribution is 6.03. The fraction of sp³-hybridized carbons (Fsp3) is 0.154. The highest BCUT2D eigenvalue weighted by Gasteiger charge is 2.40. The molecular formula is C26H23N5O3. The molecule has 0 bridgehead atoms. The Morgan fingerprint density at radius 2 is 1.68 bits per heavy atom. The second-order valence-corrected chi connectivity index (χ2v) is 8.24. The van der Waals surface area contributed by atoms with Crippen molar-refractivity contribution in [1.29, 1.82) is 0 Å². The molecule has 0 saturated heterocycles. The molecule has 8 nitrogen and oxygen atoms in total. The van der Waals surface area contributed by atoms with Crippen molar-refractivity contribution in [2.45, 2.75) is 13.0 Å². The Bertz CT molecular complexity index is 1430. The minimum absolute atomic E-state index is 0.211. The highest BCUT2D eigenvalue weighted by Crippen LogP contribution is 2.43. The Morgan fingerprint density at radius 3 is 2.47 bits per heavy atom. The quantitative estimate of drug-likeness (QED) is 0.465. The lowest BCUT2D eigenvalue weighted by Crippen LogP contribution is -2.47. The number of pyridine rings is 1. The van der Waals surface area contributed by atoms with Crippen LogP contribution in [0.15, 0.2) is 73.1 Å². The molecule has 1 aliphatic rings. The van der Waals surface area contributed by atoms with Crippen LogP contribution in [0.25, 0.3) is 10.9 Å². The molecule has 3 heterocycles. The van der Waals surface area contributed by atoms with Gasteiger partial charge in [-0.3, -0.25) is 30.2 Å². The lowest BCUT2D eigenvalue weighted by atomic mass is 9.95. The molecule has 2 N–H and O–H groups in total. The second-order valence-electron chi connectivity index (χ2n) is 8.24. The third kappa shape index (κ3) is 3.49. The van der Waals surface area contributed by atoms with E-state index in [2.05, 4.69) is 20.4 Å². The molecule has 1 aliphatic heterocycles. The van der Waals surface area contributed by atoms with Crippen LogP contribution in [0.4, 0.5) is 0 Å². The maximum atomic E-state index is 13.4. The third-order valence-corrected chi connectivity index (χ3v) is 6.35. The fourth-order valence-electron chi connectivity index (χ4n) is 4.64. The summed E-state index contributed by atoms with van der Waals surface area (Å²) in [5.41, 5.74) is 9.70. The van der Waals surface area contributed by atoms with Gasteiger partial charge in [-0.15, -0.1) is 0 Å². The number of carbonyl (C=O) groups is 3. The van der Waals surface area contributed by atoms with Gasteiger partial charge >= 0.3 is 0 Å². The number of fused-ring (bicyclic) bond motifs is 2. The molecule has 34 heavy (non-hydrogen) atoms. The summed E-state index contributed by atoms with van der Waals surface area (Å²) in [6.45, 7) is 1.81. The zero-order valence-corrected chi connectivity index (χ0v) is 18.8. The van der Waals surface area contributed by atoms with Gasteiger partial charge in [0.15, 0.2) is 0 Å². The average Bonchev–Trinajstić information content (AvgIpc) is 3.28. The van der Waals surface area contributed by atoms with E-state index >= 15 is 0 Å². The smallest absolute Gasteiger partial charge is 0.269 e. The molecule has 0 spiro atoms. The van der Waals surface area contributed by atoms with E-state index in [0.717, 1.165) is 27.7 Å². The zero-order chi connectivity index (χ0) is 23.8. The van der Waals surface area contributed by atoms with Gasteiger partial charge in [-0.25, -0.2) is 0 Å². The molecule has 8 heteroatoms. The van der Waals surface area contributed by atoms with Crippen LogP contribution in [0.2, 0.25) is 0 Å². The molecule has 2 aromatic carbocycles. The molecule has 0 saturated carbocycles. The van der Waals surface area contributed by atoms with Crippen LogP contribution in [0.1, 0.15) is 43.6 Å². The Labute approximate surface area is 196 Å². The first-order valence-electron chi connectivity index (χ1n) is 10.9. The van der Waals surface area contributed by atoms with E-state index in [0.29, 0.717) is 11.1 Å². The molecule has 0 aliphatic carbocycles. The predicted molar refractivity (Wildman–Crippen MR) is 127 cm³/mol. The number of aryl methyl sites for hydroxylation is 1. The highest BCUT2D eigenvalue weighted by atomic mass is 16.2. The van der Waals surface area contributed by atoms with Crippen molar-refractivity contribution in [2.75, 3.05) is 6.54 Å². The summed E-state index contributed by atoms with van der Waals surface area (Å²) in [6, 6.07) is 18.1. The van der Waals surface area contributed by atoms with Crippen molar-refractivity contribution in [3.8, 4) is 0 Å². The second kappa shape index (κ2) is 8.47. The predicted octanol–water partition coefficient (Wildman–Crippen LogP) is 2.89. The average molecular weight is 454 g/mol. The SMILES string of the molecule is Cc1c([C@H]2c3ccccc3C(=O)N2CC(=O)NNC(=O)c2ccncc2)c2ccccc2n1C. The first-order valence-corrected chi connectivity index (χ1v) is 10.9. The number of hydrogen-bond donors (Lipinski definition) is 2. The lowest BCUT2D eigenvalue weighted by Gasteiger charge is -2.26. The van der Waals surface area contributed by atoms with Crippen LogP contribution in [-0.4, -0.2) is 38.7 Å². The molecule has 5 rings (SSSR count). The molecule has 0 radical (unpaired) electrons. The molecule has 1 atom stereocenters. The summed E-state index contributed by atoms with van der Waals surface area (Å²) in [5.74, 6) is -1.18. The largest absolute Gasteiger partial charge is 0.348 e. The molecule has 0 unspecified atom stereocenters. The summed E-state index contributed by atoms with van der Waals surface area (Å²) < 4.78 is 2.10. The lowest BCUT2D eigenvalue weighted by molar-refractivity contribution is -0.122. The van der Waals surface area contributed by atoms with Gasteiger partial charge < -0.3 is 9.47 Å². The normalized spacial score (nSPS) is 14.8. The van der Waals surface area contributed by atoms with Gasteiger partial charge in [-0.05, 0) is 36.8 Å². The summed E-state index contributed by atoms with van der Waals surface area (Å²) in [6.07, 6.45) is 2.99. The van der Waals surface area contributed by atoms with Crippen molar-refractivity contribution >= 4 is 28.6 Å². The van der Waals surface area contributed by atoms with Crippen LogP contribution in [0.3, 0.4) is 0 Å². The number of hydrogen-bond acceptors (Lipinski definition) is 4. The fourth-order valence-corrected chi connectivity index (χ4v) is 4.64. The Balaban J connectivity index is 1.46. The summed E-state index contributed by atoms with van der Waals surface area (Å²) in [4.78, 5) is 43.9. The zero-order valence-electron chi connectivity index (χ0n) is 18.8. The Morgan fingerprint density at radius 1 is 0.971 bits per heavy atom. The third-order valence-electron chi connectivity index (χ3n) is 6.35. The number of para-hydroxylation sites is 1. The number of aromatic nitrogens is 2. The minimum Gasteiger partial charge on any atom is -0.348 e. The van der Waals surface area contributed by atoms with E-state index in [1.54, 1.807) is 23.1 Å². The minimum atomic E-state index is -0.494. The number of nitrogens with one attached hydrogen (secondary N) is 2. The Hall–Kier alpha value is -4.46. The first kappa shape index (κ1) is 21.4. The van der Waals surface area contributed by atoms with Gasteiger partial charge in [0.1, 0.15) is 6.54 Å². The number of carbonyl (C=O) groups excluding carboxylic acids is 3. The van der Waals surface area contributed by atoms with Gasteiger partial charge in [0.05, 0.1) is 6.04 Å². The topological polar surface area (TPSA) is 96.3 Å². The van der Waals surface area contributed by atoms with E-state index in [4.69, 9.17) is 0 Å².